The van der Waals surface area contributed by atoms with Crippen molar-refractivity contribution in [3.63, 3.8) is 0 Å². The van der Waals surface area contributed by atoms with Gasteiger partial charge in [0.05, 0.1) is 0 Å². The molecule has 0 radical (unpaired) electrons. The van der Waals surface area contributed by atoms with Gasteiger partial charge in [0.25, 0.3) is 0 Å². The molecule has 0 spiro atoms. The summed E-state index contributed by atoms with van der Waals surface area (Å²) in [6.45, 7) is 2.04. The van der Waals surface area contributed by atoms with Crippen molar-refractivity contribution in [2.45, 2.75) is 25.3 Å². The van der Waals surface area contributed by atoms with Crippen LogP contribution in [-0.4, -0.2) is 6.04 Å². The van der Waals surface area contributed by atoms with Gasteiger partial charge in [0.1, 0.15) is 5.82 Å². The Hall–Kier alpha value is -0.890. The summed E-state index contributed by atoms with van der Waals surface area (Å²) in [4.78, 5) is 0. The maximum atomic E-state index is 12.6. The van der Waals surface area contributed by atoms with Gasteiger partial charge in [-0.25, -0.2) is 4.39 Å². The summed E-state index contributed by atoms with van der Waals surface area (Å²) in [6.07, 6.45) is 1.16. The highest BCUT2D eigenvalue weighted by Crippen LogP contribution is 2.48. The van der Waals surface area contributed by atoms with Gasteiger partial charge in [-0.1, -0.05) is 12.1 Å². The monoisotopic (exact) mass is 179 g/mol. The first kappa shape index (κ1) is 8.70. The predicted octanol–water partition coefficient (Wildman–Crippen LogP) is 2.28. The van der Waals surface area contributed by atoms with Crippen LogP contribution in [-0.2, 0) is 0 Å². The molecule has 0 heterocycles. The smallest absolute Gasteiger partial charge is 0.123 e. The number of halogens is 1. The van der Waals surface area contributed by atoms with Crippen LogP contribution in [0.2, 0.25) is 0 Å². The lowest BCUT2D eigenvalue weighted by Gasteiger charge is -2.03. The van der Waals surface area contributed by atoms with Crippen molar-refractivity contribution in [2.75, 3.05) is 0 Å². The SMILES string of the molecule is C[C@H](N)[C@@H]1C[C@H]1c1ccc(F)cc1. The van der Waals surface area contributed by atoms with Crippen LogP contribution in [0.15, 0.2) is 24.3 Å². The molecule has 2 heteroatoms. The van der Waals surface area contributed by atoms with Gasteiger partial charge in [-0.15, -0.1) is 0 Å². The van der Waals surface area contributed by atoms with E-state index in [0.29, 0.717) is 11.8 Å². The molecule has 0 saturated heterocycles. The molecule has 3 atom stereocenters. The van der Waals surface area contributed by atoms with Crippen molar-refractivity contribution in [3.05, 3.63) is 35.6 Å². The molecule has 0 bridgehead atoms. The van der Waals surface area contributed by atoms with Crippen molar-refractivity contribution in [1.82, 2.24) is 0 Å². The molecule has 1 aliphatic rings. The van der Waals surface area contributed by atoms with E-state index < -0.39 is 0 Å². The van der Waals surface area contributed by atoms with Gasteiger partial charge >= 0.3 is 0 Å². The zero-order valence-electron chi connectivity index (χ0n) is 7.70. The second kappa shape index (κ2) is 3.11. The molecular formula is C11H14FN. The van der Waals surface area contributed by atoms with Crippen LogP contribution in [0, 0.1) is 11.7 Å². The third kappa shape index (κ3) is 1.73. The maximum Gasteiger partial charge on any atom is 0.123 e. The fraction of sp³-hybridized carbons (Fsp3) is 0.455. The van der Waals surface area contributed by atoms with E-state index in [2.05, 4.69) is 0 Å². The van der Waals surface area contributed by atoms with E-state index in [4.69, 9.17) is 5.73 Å². The average molecular weight is 179 g/mol. The highest BCUT2D eigenvalue weighted by molar-refractivity contribution is 5.26. The zero-order valence-corrected chi connectivity index (χ0v) is 7.70. The van der Waals surface area contributed by atoms with E-state index in [0.717, 1.165) is 6.42 Å². The molecule has 0 unspecified atom stereocenters. The Morgan fingerprint density at radius 3 is 2.46 bits per heavy atom. The quantitative estimate of drug-likeness (QED) is 0.740. The van der Waals surface area contributed by atoms with E-state index >= 15 is 0 Å². The van der Waals surface area contributed by atoms with Crippen molar-refractivity contribution < 1.29 is 4.39 Å². The third-order valence-electron chi connectivity index (χ3n) is 2.81. The molecule has 1 fully saturated rings. The van der Waals surface area contributed by atoms with Crippen molar-refractivity contribution in [3.8, 4) is 0 Å². The number of nitrogens with two attached hydrogens (primary N) is 1. The van der Waals surface area contributed by atoms with Gasteiger partial charge in [-0.05, 0) is 42.9 Å². The summed E-state index contributed by atoms with van der Waals surface area (Å²) in [5.74, 6) is 1.01. The normalized spacial score (nSPS) is 28.5. The predicted molar refractivity (Wildman–Crippen MR) is 50.9 cm³/mol. The fourth-order valence-electron chi connectivity index (χ4n) is 1.89. The Morgan fingerprint density at radius 2 is 2.00 bits per heavy atom. The minimum atomic E-state index is -0.165. The molecule has 70 valence electrons. The zero-order chi connectivity index (χ0) is 9.42. The number of hydrogen-bond donors (Lipinski definition) is 1. The summed E-state index contributed by atoms with van der Waals surface area (Å²) >= 11 is 0. The molecule has 2 rings (SSSR count). The highest BCUT2D eigenvalue weighted by atomic mass is 19.1. The van der Waals surface area contributed by atoms with Gasteiger partial charge in [0.2, 0.25) is 0 Å². The topological polar surface area (TPSA) is 26.0 Å². The maximum absolute atomic E-state index is 12.6. The first-order valence-electron chi connectivity index (χ1n) is 4.69. The van der Waals surface area contributed by atoms with E-state index in [1.807, 2.05) is 19.1 Å². The highest BCUT2D eigenvalue weighted by Gasteiger charge is 2.40. The minimum absolute atomic E-state index is 0.165. The average Bonchev–Trinajstić information content (AvgIpc) is 2.85. The van der Waals surface area contributed by atoms with E-state index in [1.54, 1.807) is 0 Å². The lowest BCUT2D eigenvalue weighted by molar-refractivity contribution is 0.622. The van der Waals surface area contributed by atoms with Crippen LogP contribution in [0.25, 0.3) is 0 Å². The largest absolute Gasteiger partial charge is 0.328 e. The summed E-state index contributed by atoms with van der Waals surface area (Å²) in [7, 11) is 0. The summed E-state index contributed by atoms with van der Waals surface area (Å²) in [5.41, 5.74) is 7.01. The van der Waals surface area contributed by atoms with Gasteiger partial charge in [0.15, 0.2) is 0 Å². The first-order chi connectivity index (χ1) is 6.18. The number of benzene rings is 1. The molecule has 1 nitrogen and oxygen atoms in total. The second-order valence-electron chi connectivity index (χ2n) is 3.92. The Morgan fingerprint density at radius 1 is 1.38 bits per heavy atom. The van der Waals surface area contributed by atoms with Gasteiger partial charge in [0, 0.05) is 6.04 Å². The Balaban J connectivity index is 2.08. The molecule has 1 aromatic carbocycles. The van der Waals surface area contributed by atoms with Crippen molar-refractivity contribution >= 4 is 0 Å². The molecule has 0 amide bonds. The Labute approximate surface area is 77.8 Å². The summed E-state index contributed by atoms with van der Waals surface area (Å²) in [6, 6.07) is 7.03. The molecule has 2 N–H and O–H groups in total. The van der Waals surface area contributed by atoms with E-state index in [9.17, 15) is 4.39 Å². The van der Waals surface area contributed by atoms with Crippen LogP contribution in [0.3, 0.4) is 0 Å². The molecule has 0 aromatic heterocycles. The first-order valence-corrected chi connectivity index (χ1v) is 4.69. The minimum Gasteiger partial charge on any atom is -0.328 e. The summed E-state index contributed by atoms with van der Waals surface area (Å²) < 4.78 is 12.6. The van der Waals surface area contributed by atoms with Crippen LogP contribution in [0.1, 0.15) is 24.8 Å². The van der Waals surface area contributed by atoms with Crippen LogP contribution in [0.4, 0.5) is 4.39 Å². The Bertz CT molecular complexity index is 291. The van der Waals surface area contributed by atoms with E-state index in [1.165, 1.54) is 17.7 Å². The third-order valence-corrected chi connectivity index (χ3v) is 2.81. The number of rotatable bonds is 2. The van der Waals surface area contributed by atoms with Crippen LogP contribution < -0.4 is 5.73 Å². The standard InChI is InChI=1S/C11H14FN/c1-7(13)10-6-11(10)8-2-4-9(12)5-3-8/h2-5,7,10-11H,6,13H2,1H3/t7-,10-,11-/m0/s1. The molecule has 13 heavy (non-hydrogen) atoms. The molecule has 1 aromatic rings. The van der Waals surface area contributed by atoms with Gasteiger partial charge in [-0.2, -0.15) is 0 Å². The van der Waals surface area contributed by atoms with E-state index in [-0.39, 0.29) is 11.9 Å². The number of hydrogen-bond acceptors (Lipinski definition) is 1. The molecular weight excluding hydrogens is 165 g/mol. The molecule has 1 saturated carbocycles. The lowest BCUT2D eigenvalue weighted by Crippen LogP contribution is -2.17. The van der Waals surface area contributed by atoms with Crippen molar-refractivity contribution in [1.29, 1.82) is 0 Å². The van der Waals surface area contributed by atoms with Crippen LogP contribution in [0.5, 0.6) is 0 Å². The molecule has 0 aliphatic heterocycles. The fourth-order valence-corrected chi connectivity index (χ4v) is 1.89. The van der Waals surface area contributed by atoms with Gasteiger partial charge < -0.3 is 5.73 Å². The second-order valence-corrected chi connectivity index (χ2v) is 3.92. The molecule has 1 aliphatic carbocycles. The van der Waals surface area contributed by atoms with Gasteiger partial charge in [-0.3, -0.25) is 0 Å². The summed E-state index contributed by atoms with van der Waals surface area (Å²) in [5, 5.41) is 0. The Kier molecular flexibility index (Phi) is 2.08. The van der Waals surface area contributed by atoms with Crippen molar-refractivity contribution in [2.24, 2.45) is 11.7 Å². The lowest BCUT2D eigenvalue weighted by atomic mass is 10.1. The van der Waals surface area contributed by atoms with Crippen LogP contribution >= 0.6 is 0 Å².